The van der Waals surface area contributed by atoms with Crippen molar-refractivity contribution in [3.05, 3.63) is 63.6 Å². The molecule has 0 aliphatic carbocycles. The van der Waals surface area contributed by atoms with Crippen LogP contribution in [-0.4, -0.2) is 30.6 Å². The molecule has 0 bridgehead atoms. The second kappa shape index (κ2) is 7.09. The molecule has 0 saturated heterocycles. The lowest BCUT2D eigenvalue weighted by Crippen LogP contribution is -2.36. The van der Waals surface area contributed by atoms with Crippen molar-refractivity contribution >= 4 is 37.8 Å². The van der Waals surface area contributed by atoms with Crippen molar-refractivity contribution in [3.8, 4) is 0 Å². The van der Waals surface area contributed by atoms with Gasteiger partial charge in [-0.25, -0.2) is 12.7 Å². The normalized spacial score (nSPS) is 16.3. The maximum absolute atomic E-state index is 12.7. The molecule has 0 aromatic heterocycles. The first-order valence-corrected chi connectivity index (χ1v) is 10.7. The smallest absolute Gasteiger partial charge is 0.269 e. The van der Waals surface area contributed by atoms with Crippen LogP contribution in [0.2, 0.25) is 0 Å². The van der Waals surface area contributed by atoms with Gasteiger partial charge in [-0.05, 0) is 56.7 Å². The van der Waals surface area contributed by atoms with Gasteiger partial charge in [0.2, 0.25) is 0 Å². The Balaban J connectivity index is 1.89. The van der Waals surface area contributed by atoms with Gasteiger partial charge in [0, 0.05) is 16.1 Å². The summed E-state index contributed by atoms with van der Waals surface area (Å²) in [6.45, 7) is 5.11. The van der Waals surface area contributed by atoms with Crippen LogP contribution in [0.1, 0.15) is 53.1 Å². The summed E-state index contributed by atoms with van der Waals surface area (Å²) in [5.74, 6) is -0.967. The van der Waals surface area contributed by atoms with Crippen LogP contribution in [0, 0.1) is 0 Å². The number of fused-ring (bicyclic) bond motifs is 1. The highest BCUT2D eigenvalue weighted by Crippen LogP contribution is 2.32. The molecule has 27 heavy (non-hydrogen) atoms. The van der Waals surface area contributed by atoms with Crippen LogP contribution < -0.4 is 5.32 Å². The fraction of sp³-hybridized carbons (Fsp3) is 0.263. The number of amides is 2. The third-order valence-corrected chi connectivity index (χ3v) is 6.87. The predicted octanol–water partition coefficient (Wildman–Crippen LogP) is 3.49. The number of nitrogens with zero attached hydrogens (tertiary/aromatic N) is 1. The van der Waals surface area contributed by atoms with Crippen LogP contribution in [-0.2, 0) is 10.0 Å². The highest BCUT2D eigenvalue weighted by molar-refractivity contribution is 9.10. The molecule has 6 nitrogen and oxygen atoms in total. The van der Waals surface area contributed by atoms with E-state index in [0.29, 0.717) is 0 Å². The summed E-state index contributed by atoms with van der Waals surface area (Å²) in [4.78, 5) is 24.9. The Hall–Kier alpha value is -2.19. The first-order valence-electron chi connectivity index (χ1n) is 8.42. The van der Waals surface area contributed by atoms with Crippen molar-refractivity contribution in [2.24, 2.45) is 0 Å². The molecule has 8 heteroatoms. The van der Waals surface area contributed by atoms with E-state index in [1.54, 1.807) is 13.8 Å². The summed E-state index contributed by atoms with van der Waals surface area (Å²) >= 11 is 3.39. The quantitative estimate of drug-likeness (QED) is 0.772. The standard InChI is InChI=1S/C19H19BrN2O4S/c1-11(2)22-19(24)16-8-7-14(10-17(16)27(22,25)26)18(23)21-12(3)13-5-4-6-15(20)9-13/h4-12H,1-3H3,(H,21,23). The van der Waals surface area contributed by atoms with E-state index in [1.165, 1.54) is 18.2 Å². The minimum Gasteiger partial charge on any atom is -0.346 e. The van der Waals surface area contributed by atoms with Gasteiger partial charge in [-0.1, -0.05) is 28.1 Å². The zero-order valence-electron chi connectivity index (χ0n) is 15.1. The molecule has 1 unspecified atom stereocenters. The van der Waals surface area contributed by atoms with E-state index in [0.717, 1.165) is 14.3 Å². The fourth-order valence-electron chi connectivity index (χ4n) is 3.04. The van der Waals surface area contributed by atoms with Gasteiger partial charge in [0.25, 0.3) is 21.8 Å². The van der Waals surface area contributed by atoms with E-state index in [1.807, 2.05) is 31.2 Å². The average molecular weight is 451 g/mol. The molecule has 0 radical (unpaired) electrons. The average Bonchev–Trinajstić information content (AvgIpc) is 2.80. The van der Waals surface area contributed by atoms with Crippen LogP contribution in [0.4, 0.5) is 0 Å². The van der Waals surface area contributed by atoms with Gasteiger partial charge in [0.15, 0.2) is 0 Å². The predicted molar refractivity (Wildman–Crippen MR) is 105 cm³/mol. The zero-order chi connectivity index (χ0) is 19.9. The van der Waals surface area contributed by atoms with E-state index in [4.69, 9.17) is 0 Å². The maximum Gasteiger partial charge on any atom is 0.269 e. The summed E-state index contributed by atoms with van der Waals surface area (Å²) in [6, 6.07) is 10.9. The molecule has 1 aliphatic rings. The van der Waals surface area contributed by atoms with Crippen molar-refractivity contribution in [2.75, 3.05) is 0 Å². The van der Waals surface area contributed by atoms with Gasteiger partial charge in [-0.15, -0.1) is 0 Å². The van der Waals surface area contributed by atoms with E-state index < -0.39 is 27.9 Å². The number of rotatable bonds is 4. The summed E-state index contributed by atoms with van der Waals surface area (Å²) in [5.41, 5.74) is 1.20. The number of hydrogen-bond acceptors (Lipinski definition) is 4. The summed E-state index contributed by atoms with van der Waals surface area (Å²) in [5, 5.41) is 2.85. The van der Waals surface area contributed by atoms with Crippen molar-refractivity contribution in [1.29, 1.82) is 0 Å². The highest BCUT2D eigenvalue weighted by atomic mass is 79.9. The molecule has 142 valence electrons. The molecule has 2 aromatic carbocycles. The zero-order valence-corrected chi connectivity index (χ0v) is 17.5. The van der Waals surface area contributed by atoms with Gasteiger partial charge >= 0.3 is 0 Å². The lowest BCUT2D eigenvalue weighted by Gasteiger charge is -2.18. The van der Waals surface area contributed by atoms with Crippen LogP contribution in [0.3, 0.4) is 0 Å². The van der Waals surface area contributed by atoms with Gasteiger partial charge < -0.3 is 5.32 Å². The monoisotopic (exact) mass is 450 g/mol. The largest absolute Gasteiger partial charge is 0.346 e. The molecule has 0 fully saturated rings. The van der Waals surface area contributed by atoms with Crippen molar-refractivity contribution < 1.29 is 18.0 Å². The lowest BCUT2D eigenvalue weighted by molar-refractivity contribution is 0.0845. The number of halogens is 1. The van der Waals surface area contributed by atoms with Gasteiger partial charge in [-0.3, -0.25) is 9.59 Å². The second-order valence-electron chi connectivity index (χ2n) is 6.66. The molecular formula is C19H19BrN2O4S. The third kappa shape index (κ3) is 3.51. The highest BCUT2D eigenvalue weighted by Gasteiger charge is 2.42. The molecule has 2 aromatic rings. The van der Waals surface area contributed by atoms with Crippen LogP contribution in [0.5, 0.6) is 0 Å². The molecule has 1 atom stereocenters. The van der Waals surface area contributed by atoms with E-state index in [2.05, 4.69) is 21.2 Å². The van der Waals surface area contributed by atoms with E-state index in [-0.39, 0.29) is 22.1 Å². The Morgan fingerprint density at radius 1 is 1.11 bits per heavy atom. The molecule has 2 amide bonds. The Bertz CT molecular complexity index is 1030. The number of sulfonamides is 1. The SMILES string of the molecule is CC(NC(=O)c1ccc2c(c1)S(=O)(=O)N(C(C)C)C2=O)c1cccc(Br)c1. The number of nitrogens with one attached hydrogen (secondary N) is 1. The first-order chi connectivity index (χ1) is 12.6. The summed E-state index contributed by atoms with van der Waals surface area (Å²) < 4.78 is 27.1. The Labute approximate surface area is 166 Å². The summed E-state index contributed by atoms with van der Waals surface area (Å²) in [7, 11) is -3.94. The maximum atomic E-state index is 12.7. The fourth-order valence-corrected chi connectivity index (χ4v) is 5.25. The lowest BCUT2D eigenvalue weighted by atomic mass is 10.1. The van der Waals surface area contributed by atoms with Crippen molar-refractivity contribution in [1.82, 2.24) is 9.62 Å². The van der Waals surface area contributed by atoms with Gasteiger partial charge in [-0.2, -0.15) is 0 Å². The molecule has 1 heterocycles. The van der Waals surface area contributed by atoms with Crippen LogP contribution in [0.25, 0.3) is 0 Å². The first kappa shape index (κ1) is 19.6. The second-order valence-corrected chi connectivity index (χ2v) is 9.36. The minimum absolute atomic E-state index is 0.0975. The molecule has 0 saturated carbocycles. The van der Waals surface area contributed by atoms with Crippen molar-refractivity contribution in [3.63, 3.8) is 0 Å². The Kier molecular flexibility index (Phi) is 5.14. The van der Waals surface area contributed by atoms with Crippen LogP contribution in [0.15, 0.2) is 51.8 Å². The van der Waals surface area contributed by atoms with Crippen molar-refractivity contribution in [2.45, 2.75) is 37.8 Å². The Morgan fingerprint density at radius 2 is 1.81 bits per heavy atom. The third-order valence-electron chi connectivity index (χ3n) is 4.38. The van der Waals surface area contributed by atoms with E-state index >= 15 is 0 Å². The van der Waals surface area contributed by atoms with Gasteiger partial charge in [0.1, 0.15) is 4.90 Å². The number of carbonyl (C=O) groups excluding carboxylic acids is 2. The molecule has 1 N–H and O–H groups in total. The minimum atomic E-state index is -3.94. The molecule has 0 spiro atoms. The topological polar surface area (TPSA) is 83.6 Å². The molecular weight excluding hydrogens is 432 g/mol. The number of benzene rings is 2. The van der Waals surface area contributed by atoms with Gasteiger partial charge in [0.05, 0.1) is 11.6 Å². The Morgan fingerprint density at radius 3 is 2.44 bits per heavy atom. The molecule has 3 rings (SSSR count). The van der Waals surface area contributed by atoms with Crippen LogP contribution >= 0.6 is 15.9 Å². The van der Waals surface area contributed by atoms with E-state index in [9.17, 15) is 18.0 Å². The number of hydrogen-bond donors (Lipinski definition) is 1. The molecule has 1 aliphatic heterocycles. The summed E-state index contributed by atoms with van der Waals surface area (Å²) in [6.07, 6.45) is 0. The number of carbonyl (C=O) groups is 2.